The molecule has 2 heterocycles. The van der Waals surface area contributed by atoms with Crippen LogP contribution in [-0.2, 0) is 0 Å². The first-order valence-corrected chi connectivity index (χ1v) is 8.10. The molecule has 0 bridgehead atoms. The molecule has 0 spiro atoms. The zero-order valence-corrected chi connectivity index (χ0v) is 14.4. The third-order valence-corrected chi connectivity index (χ3v) is 4.40. The molecule has 0 atom stereocenters. The molecule has 0 amide bonds. The zero-order valence-electron chi connectivity index (χ0n) is 13.6. The molecule has 2 aromatic carbocycles. The van der Waals surface area contributed by atoms with Gasteiger partial charge in [0.15, 0.2) is 0 Å². The minimum Gasteiger partial charge on any atom is -0.496 e. The number of aromatic nitrogens is 3. The highest BCUT2D eigenvalue weighted by atomic mass is 35.5. The second-order valence-electron chi connectivity index (χ2n) is 5.57. The van der Waals surface area contributed by atoms with Gasteiger partial charge in [0.1, 0.15) is 11.3 Å². The highest BCUT2D eigenvalue weighted by Gasteiger charge is 2.15. The van der Waals surface area contributed by atoms with Gasteiger partial charge in [-0.1, -0.05) is 35.9 Å². The number of aromatic amines is 2. The Morgan fingerprint density at radius 3 is 2.65 bits per heavy atom. The van der Waals surface area contributed by atoms with Crippen molar-refractivity contribution in [1.82, 2.24) is 14.6 Å². The van der Waals surface area contributed by atoms with E-state index in [1.165, 1.54) is 13.3 Å². The summed E-state index contributed by atoms with van der Waals surface area (Å²) in [7, 11) is 1.53. The van der Waals surface area contributed by atoms with Gasteiger partial charge in [0.05, 0.1) is 29.7 Å². The Balaban J connectivity index is 1.96. The van der Waals surface area contributed by atoms with Gasteiger partial charge in [-0.05, 0) is 18.2 Å². The Labute approximate surface area is 151 Å². The van der Waals surface area contributed by atoms with E-state index in [0.29, 0.717) is 32.8 Å². The van der Waals surface area contributed by atoms with Gasteiger partial charge in [-0.25, -0.2) is 4.79 Å². The lowest BCUT2D eigenvalue weighted by Crippen LogP contribution is -2.32. The number of hydrogen-bond donors (Lipinski definition) is 2. The Morgan fingerprint density at radius 2 is 1.88 bits per heavy atom. The second-order valence-corrected chi connectivity index (χ2v) is 5.98. The molecular formula is C18H13ClN4O3. The molecule has 8 heteroatoms. The van der Waals surface area contributed by atoms with E-state index < -0.39 is 11.2 Å². The van der Waals surface area contributed by atoms with Gasteiger partial charge >= 0.3 is 11.2 Å². The highest BCUT2D eigenvalue weighted by molar-refractivity contribution is 6.33. The molecular weight excluding hydrogens is 356 g/mol. The number of H-pyrrole nitrogens is 2. The molecule has 2 N–H and O–H groups in total. The van der Waals surface area contributed by atoms with Crippen LogP contribution in [0.4, 0.5) is 0 Å². The van der Waals surface area contributed by atoms with Crippen LogP contribution in [0.25, 0.3) is 21.9 Å². The van der Waals surface area contributed by atoms with Crippen molar-refractivity contribution in [3.05, 3.63) is 73.9 Å². The van der Waals surface area contributed by atoms with Crippen molar-refractivity contribution in [3.63, 3.8) is 0 Å². The Bertz CT molecular complexity index is 1280. The number of halogens is 1. The molecule has 0 aliphatic carbocycles. The van der Waals surface area contributed by atoms with Crippen LogP contribution in [0.5, 0.6) is 5.75 Å². The smallest absolute Gasteiger partial charge is 0.350 e. The molecule has 0 saturated heterocycles. The van der Waals surface area contributed by atoms with E-state index in [1.807, 2.05) is 0 Å². The summed E-state index contributed by atoms with van der Waals surface area (Å²) in [5.74, 6) is 0.557. The molecule has 130 valence electrons. The molecule has 26 heavy (non-hydrogen) atoms. The summed E-state index contributed by atoms with van der Waals surface area (Å²) in [5.41, 5.74) is 0.679. The van der Waals surface area contributed by atoms with E-state index in [4.69, 9.17) is 16.3 Å². The summed E-state index contributed by atoms with van der Waals surface area (Å²) >= 11 is 6.07. The van der Waals surface area contributed by atoms with Crippen LogP contribution >= 0.6 is 11.6 Å². The second kappa shape index (κ2) is 6.20. The molecule has 0 unspecified atom stereocenters. The first-order chi connectivity index (χ1) is 12.6. The van der Waals surface area contributed by atoms with Gasteiger partial charge in [0.2, 0.25) is 0 Å². The number of benzene rings is 2. The van der Waals surface area contributed by atoms with Crippen molar-refractivity contribution in [2.75, 3.05) is 7.11 Å². The maximum atomic E-state index is 12.7. The van der Waals surface area contributed by atoms with Crippen LogP contribution in [0.1, 0.15) is 5.56 Å². The summed E-state index contributed by atoms with van der Waals surface area (Å²) in [6.45, 7) is 0. The van der Waals surface area contributed by atoms with E-state index >= 15 is 0 Å². The Morgan fingerprint density at radius 1 is 1.08 bits per heavy atom. The average molecular weight is 369 g/mol. The van der Waals surface area contributed by atoms with Gasteiger partial charge < -0.3 is 14.7 Å². The molecule has 0 saturated carbocycles. The lowest BCUT2D eigenvalue weighted by molar-refractivity contribution is 0.420. The van der Waals surface area contributed by atoms with Gasteiger partial charge in [0, 0.05) is 10.6 Å². The Hall–Kier alpha value is -3.32. The van der Waals surface area contributed by atoms with E-state index in [0.717, 1.165) is 4.68 Å². The highest BCUT2D eigenvalue weighted by Crippen LogP contribution is 2.29. The predicted octanol–water partition coefficient (Wildman–Crippen LogP) is 2.72. The zero-order chi connectivity index (χ0) is 18.3. The number of methoxy groups -OCH3 is 1. The Kier molecular flexibility index (Phi) is 3.85. The molecule has 4 aromatic rings. The maximum Gasteiger partial charge on any atom is 0.350 e. The van der Waals surface area contributed by atoms with E-state index in [1.54, 1.807) is 42.5 Å². The number of rotatable bonds is 3. The predicted molar refractivity (Wildman–Crippen MR) is 102 cm³/mol. The summed E-state index contributed by atoms with van der Waals surface area (Å²) in [6.07, 6.45) is 1.37. The van der Waals surface area contributed by atoms with Gasteiger partial charge in [-0.3, -0.25) is 4.79 Å². The third kappa shape index (κ3) is 2.49. The summed E-state index contributed by atoms with van der Waals surface area (Å²) < 4.78 is 6.08. The molecule has 4 rings (SSSR count). The van der Waals surface area contributed by atoms with Gasteiger partial charge in [-0.15, -0.1) is 4.68 Å². The lowest BCUT2D eigenvalue weighted by Gasteiger charge is -2.02. The van der Waals surface area contributed by atoms with E-state index in [2.05, 4.69) is 15.1 Å². The van der Waals surface area contributed by atoms with Gasteiger partial charge in [0.25, 0.3) is 0 Å². The normalized spacial score (nSPS) is 11.6. The van der Waals surface area contributed by atoms with E-state index in [9.17, 15) is 9.59 Å². The first kappa shape index (κ1) is 16.2. The van der Waals surface area contributed by atoms with Crippen LogP contribution in [-0.4, -0.2) is 28.0 Å². The number of ether oxygens (including phenoxy) is 1. The largest absolute Gasteiger partial charge is 0.496 e. The minimum absolute atomic E-state index is 0.236. The topological polar surface area (TPSA) is 92.2 Å². The quantitative estimate of drug-likeness (QED) is 0.544. The van der Waals surface area contributed by atoms with Crippen LogP contribution in [0.15, 0.2) is 57.2 Å². The SMILES string of the molecule is COc1cccc2[nH]c3c(=O)n(/N=C\c4ccccc4Cl)c(=O)[nH]c3c12. The fraction of sp³-hybridized carbons (Fsp3) is 0.0556. The van der Waals surface area contributed by atoms with Crippen molar-refractivity contribution >= 4 is 39.8 Å². The number of nitrogens with one attached hydrogen (secondary N) is 2. The van der Waals surface area contributed by atoms with E-state index in [-0.39, 0.29) is 5.52 Å². The molecule has 0 fully saturated rings. The minimum atomic E-state index is -0.655. The fourth-order valence-electron chi connectivity index (χ4n) is 2.83. The van der Waals surface area contributed by atoms with Crippen molar-refractivity contribution < 1.29 is 4.74 Å². The average Bonchev–Trinajstić information content (AvgIpc) is 3.02. The fourth-order valence-corrected chi connectivity index (χ4v) is 3.02. The lowest BCUT2D eigenvalue weighted by atomic mass is 10.2. The van der Waals surface area contributed by atoms with Crippen molar-refractivity contribution in [2.24, 2.45) is 5.10 Å². The van der Waals surface area contributed by atoms with Gasteiger partial charge in [-0.2, -0.15) is 5.10 Å². The van der Waals surface area contributed by atoms with Crippen LogP contribution in [0.2, 0.25) is 5.02 Å². The summed E-state index contributed by atoms with van der Waals surface area (Å²) in [6, 6.07) is 12.3. The van der Waals surface area contributed by atoms with Crippen molar-refractivity contribution in [3.8, 4) is 5.75 Å². The van der Waals surface area contributed by atoms with Crippen molar-refractivity contribution in [1.29, 1.82) is 0 Å². The molecule has 2 aromatic heterocycles. The first-order valence-electron chi connectivity index (χ1n) is 7.73. The van der Waals surface area contributed by atoms with Crippen LogP contribution < -0.4 is 16.0 Å². The maximum absolute atomic E-state index is 12.7. The standard InChI is InChI=1S/C18H13ClN4O3/c1-26-13-8-4-7-12-14(13)15-16(21-12)17(24)23(18(25)22-15)20-9-10-5-2-3-6-11(10)19/h2-9,21H,1H3,(H,22,25)/b20-9-. The van der Waals surface area contributed by atoms with Crippen LogP contribution in [0, 0.1) is 0 Å². The molecule has 0 aliphatic heterocycles. The summed E-state index contributed by atoms with van der Waals surface area (Å²) in [5, 5.41) is 5.11. The number of nitrogens with zero attached hydrogens (tertiary/aromatic N) is 2. The number of fused-ring (bicyclic) bond motifs is 3. The van der Waals surface area contributed by atoms with Crippen LogP contribution in [0.3, 0.4) is 0 Å². The molecule has 7 nitrogen and oxygen atoms in total. The monoisotopic (exact) mass is 368 g/mol. The molecule has 0 radical (unpaired) electrons. The molecule has 0 aliphatic rings. The van der Waals surface area contributed by atoms with Crippen molar-refractivity contribution in [2.45, 2.75) is 0 Å². The summed E-state index contributed by atoms with van der Waals surface area (Å²) in [4.78, 5) is 30.9. The third-order valence-electron chi connectivity index (χ3n) is 4.05. The number of hydrogen-bond acceptors (Lipinski definition) is 4.